The minimum Gasteiger partial charge on any atom is -0.431 e. The van der Waals surface area contributed by atoms with E-state index in [0.29, 0.717) is 0 Å². The van der Waals surface area contributed by atoms with Crippen LogP contribution in [0.25, 0.3) is 33.3 Å². The zero-order valence-corrected chi connectivity index (χ0v) is 25.2. The predicted molar refractivity (Wildman–Crippen MR) is 182 cm³/mol. The summed E-state index contributed by atoms with van der Waals surface area (Å²) >= 11 is 0. The molecule has 0 saturated heterocycles. The second kappa shape index (κ2) is 10.3. The van der Waals surface area contributed by atoms with Crippen molar-refractivity contribution in [2.24, 2.45) is 0 Å². The molecule has 4 heteroatoms. The number of benzene rings is 4. The standard InChI is InChI=1S/C41H32N2O2/c1-27-34-18-10-11-19-38(34)43(32-15-6-3-7-16-32)45-39-23-21-29(25-35(27)39)28-20-22-37-36(26-28)40-30-12-8-9-17-33(24-30)44-41(40)42(37)31-13-4-2-5-14-31/h2-7,9-10,13-18,20-23,25-27H,8,11-12,19H2,1H3. The highest BCUT2D eigenvalue weighted by Gasteiger charge is 2.31. The number of aromatic nitrogens is 1. The fraction of sp³-hybridized carbons (Fsp3) is 0.146. The summed E-state index contributed by atoms with van der Waals surface area (Å²) in [4.78, 5) is 6.73. The molecule has 2 bridgehead atoms. The van der Waals surface area contributed by atoms with Crippen molar-refractivity contribution >= 4 is 22.2 Å². The molecule has 2 aliphatic heterocycles. The van der Waals surface area contributed by atoms with Crippen LogP contribution >= 0.6 is 0 Å². The predicted octanol–water partition coefficient (Wildman–Crippen LogP) is 10.4. The molecule has 5 aromatic rings. The van der Waals surface area contributed by atoms with Crippen LogP contribution in [0.5, 0.6) is 11.6 Å². The van der Waals surface area contributed by atoms with Gasteiger partial charge in [0, 0.05) is 28.1 Å². The Labute approximate surface area is 263 Å². The number of para-hydroxylation sites is 2. The average Bonchev–Trinajstić information content (AvgIpc) is 3.21. The molecule has 1 aromatic heterocycles. The van der Waals surface area contributed by atoms with Gasteiger partial charge in [0.1, 0.15) is 0 Å². The number of anilines is 1. The van der Waals surface area contributed by atoms with E-state index in [9.17, 15) is 0 Å². The van der Waals surface area contributed by atoms with Crippen molar-refractivity contribution in [3.63, 3.8) is 0 Å². The smallest absolute Gasteiger partial charge is 0.214 e. The molecule has 0 radical (unpaired) electrons. The molecule has 9 rings (SSSR count). The zero-order chi connectivity index (χ0) is 29.9. The number of hydrogen-bond donors (Lipinski definition) is 0. The Morgan fingerprint density at radius 2 is 1.49 bits per heavy atom. The van der Waals surface area contributed by atoms with Gasteiger partial charge in [0.2, 0.25) is 5.88 Å². The Kier molecular flexibility index (Phi) is 5.97. The molecule has 0 fully saturated rings. The van der Waals surface area contributed by atoms with Gasteiger partial charge in [0.05, 0.1) is 22.5 Å². The maximum absolute atomic E-state index is 6.73. The molecule has 4 nitrogen and oxygen atoms in total. The van der Waals surface area contributed by atoms with E-state index in [0.717, 1.165) is 65.5 Å². The molecule has 0 amide bonds. The number of nitrogens with zero attached hydrogens (tertiary/aromatic N) is 2. The summed E-state index contributed by atoms with van der Waals surface area (Å²) in [5.74, 6) is 2.74. The van der Waals surface area contributed by atoms with Gasteiger partial charge in [-0.3, -0.25) is 4.57 Å². The quantitative estimate of drug-likeness (QED) is 0.197. The van der Waals surface area contributed by atoms with Crippen molar-refractivity contribution < 1.29 is 9.57 Å². The third-order valence-electron chi connectivity index (χ3n) is 9.43. The zero-order valence-electron chi connectivity index (χ0n) is 25.2. The number of fused-ring (bicyclic) bond motifs is 5. The SMILES string of the molecule is CC1C2=C(CCC=C2)N(c2ccccc2)Oc2ccc(-c3ccc4c(c3)c3c(n4-c4ccccc4)OC4=C=C3CCC=C4)cc21. The normalized spacial score (nSPS) is 18.2. The summed E-state index contributed by atoms with van der Waals surface area (Å²) in [5.41, 5.74) is 15.3. The van der Waals surface area contributed by atoms with Crippen molar-refractivity contribution in [1.82, 2.24) is 4.57 Å². The van der Waals surface area contributed by atoms with E-state index in [1.54, 1.807) is 0 Å². The molecule has 0 N–H and O–H groups in total. The Morgan fingerprint density at radius 1 is 0.756 bits per heavy atom. The summed E-state index contributed by atoms with van der Waals surface area (Å²) < 4.78 is 8.78. The van der Waals surface area contributed by atoms with Gasteiger partial charge in [-0.15, -0.1) is 0 Å². The van der Waals surface area contributed by atoms with Gasteiger partial charge >= 0.3 is 0 Å². The molecule has 0 saturated carbocycles. The van der Waals surface area contributed by atoms with E-state index in [2.05, 4.69) is 133 Å². The van der Waals surface area contributed by atoms with Gasteiger partial charge in [-0.2, -0.15) is 5.06 Å². The molecule has 0 spiro atoms. The number of hydroxylamine groups is 1. The number of ether oxygens (including phenoxy) is 1. The third kappa shape index (κ3) is 4.22. The first-order chi connectivity index (χ1) is 22.2. The molecule has 4 aromatic carbocycles. The molecule has 3 heterocycles. The molecular weight excluding hydrogens is 552 g/mol. The van der Waals surface area contributed by atoms with Crippen LogP contribution < -0.4 is 14.6 Å². The van der Waals surface area contributed by atoms with E-state index in [4.69, 9.17) is 9.57 Å². The highest BCUT2D eigenvalue weighted by Crippen LogP contribution is 2.47. The summed E-state index contributed by atoms with van der Waals surface area (Å²) in [5, 5.41) is 3.23. The van der Waals surface area contributed by atoms with Crippen molar-refractivity contribution in [2.75, 3.05) is 5.06 Å². The number of hydrogen-bond acceptors (Lipinski definition) is 3. The first kappa shape index (κ1) is 26.0. The fourth-order valence-corrected chi connectivity index (χ4v) is 7.22. The highest BCUT2D eigenvalue weighted by atomic mass is 16.7. The van der Waals surface area contributed by atoms with E-state index >= 15 is 0 Å². The Bertz CT molecular complexity index is 2160. The first-order valence-corrected chi connectivity index (χ1v) is 15.9. The van der Waals surface area contributed by atoms with Gasteiger partial charge in [-0.05, 0) is 97.0 Å². The summed E-state index contributed by atoms with van der Waals surface area (Å²) in [6.07, 6.45) is 12.7. The van der Waals surface area contributed by atoms with Crippen LogP contribution in [0.15, 0.2) is 144 Å². The Balaban J connectivity index is 1.20. The van der Waals surface area contributed by atoms with Crippen LogP contribution in [0, 0.1) is 0 Å². The summed E-state index contributed by atoms with van der Waals surface area (Å²) in [6, 6.07) is 34.4. The summed E-state index contributed by atoms with van der Waals surface area (Å²) in [7, 11) is 0. The van der Waals surface area contributed by atoms with Crippen molar-refractivity contribution in [3.05, 3.63) is 155 Å². The number of allylic oxidation sites excluding steroid dienone is 6. The molecule has 45 heavy (non-hydrogen) atoms. The van der Waals surface area contributed by atoms with Gasteiger partial charge in [-0.1, -0.05) is 79.4 Å². The van der Waals surface area contributed by atoms with Crippen LogP contribution in [0.4, 0.5) is 5.69 Å². The number of rotatable bonds is 3. The molecule has 4 aliphatic rings. The van der Waals surface area contributed by atoms with E-state index in [1.807, 2.05) is 11.1 Å². The lowest BCUT2D eigenvalue weighted by molar-refractivity contribution is 0.303. The minimum absolute atomic E-state index is 0.191. The van der Waals surface area contributed by atoms with Gasteiger partial charge < -0.3 is 9.57 Å². The lowest BCUT2D eigenvalue weighted by Gasteiger charge is -2.28. The second-order valence-corrected chi connectivity index (χ2v) is 12.1. The van der Waals surface area contributed by atoms with Crippen molar-refractivity contribution in [2.45, 2.75) is 38.5 Å². The van der Waals surface area contributed by atoms with E-state index in [-0.39, 0.29) is 5.92 Å². The second-order valence-electron chi connectivity index (χ2n) is 12.1. The van der Waals surface area contributed by atoms with Gasteiger partial charge in [0.25, 0.3) is 0 Å². The van der Waals surface area contributed by atoms with Crippen LogP contribution in [0.2, 0.25) is 0 Å². The average molecular weight is 585 g/mol. The van der Waals surface area contributed by atoms with Gasteiger partial charge in [-0.25, -0.2) is 0 Å². The lowest BCUT2D eigenvalue weighted by atomic mass is 9.86. The van der Waals surface area contributed by atoms with Crippen LogP contribution in [0.1, 0.15) is 49.7 Å². The third-order valence-corrected chi connectivity index (χ3v) is 9.43. The van der Waals surface area contributed by atoms with E-state index < -0.39 is 0 Å². The molecule has 2 aliphatic carbocycles. The van der Waals surface area contributed by atoms with Crippen molar-refractivity contribution in [3.8, 4) is 28.4 Å². The molecule has 218 valence electrons. The molecule has 1 atom stereocenters. The molecule has 1 unspecified atom stereocenters. The highest BCUT2D eigenvalue weighted by molar-refractivity contribution is 6.00. The van der Waals surface area contributed by atoms with Crippen LogP contribution in [0.3, 0.4) is 0 Å². The molecular formula is C41H32N2O2. The maximum atomic E-state index is 6.73. The maximum Gasteiger partial charge on any atom is 0.214 e. The summed E-state index contributed by atoms with van der Waals surface area (Å²) in [6.45, 7) is 2.30. The largest absolute Gasteiger partial charge is 0.431 e. The first-order valence-electron chi connectivity index (χ1n) is 15.9. The topological polar surface area (TPSA) is 26.6 Å². The van der Waals surface area contributed by atoms with Crippen LogP contribution in [-0.4, -0.2) is 4.57 Å². The van der Waals surface area contributed by atoms with Crippen molar-refractivity contribution in [1.29, 1.82) is 0 Å². The van der Waals surface area contributed by atoms with E-state index in [1.165, 1.54) is 38.9 Å². The van der Waals surface area contributed by atoms with Gasteiger partial charge in [0.15, 0.2) is 11.5 Å². The minimum atomic E-state index is 0.191. The monoisotopic (exact) mass is 584 g/mol. The lowest BCUT2D eigenvalue weighted by Crippen LogP contribution is -2.27. The Morgan fingerprint density at radius 3 is 2.33 bits per heavy atom. The van der Waals surface area contributed by atoms with Crippen LogP contribution in [-0.2, 0) is 0 Å². The fourth-order valence-electron chi connectivity index (χ4n) is 7.22. The Hall–Kier alpha value is -5.44.